The summed E-state index contributed by atoms with van der Waals surface area (Å²) in [6, 6.07) is 9.57. The molecule has 0 aliphatic heterocycles. The van der Waals surface area contributed by atoms with E-state index in [0.717, 1.165) is 11.6 Å². The molecule has 2 rings (SSSR count). The fraction of sp³-hybridized carbons (Fsp3) is 0.0714. The van der Waals surface area contributed by atoms with Crippen LogP contribution in [0, 0.1) is 18.6 Å². The Morgan fingerprint density at radius 2 is 1.68 bits per heavy atom. The quantitative estimate of drug-likeness (QED) is 0.846. The molecule has 0 atom stereocenters. The lowest BCUT2D eigenvalue weighted by molar-refractivity contribution is 0.262. The summed E-state index contributed by atoms with van der Waals surface area (Å²) in [7, 11) is 0. The zero-order valence-corrected chi connectivity index (χ0v) is 10.2. The number of rotatable bonds is 2. The average Bonchev–Trinajstić information content (AvgIpc) is 2.36. The molecule has 5 heteroatoms. The second-order valence-electron chi connectivity index (χ2n) is 4.02. The first kappa shape index (κ1) is 13.0. The summed E-state index contributed by atoms with van der Waals surface area (Å²) in [5.74, 6) is -1.51. The van der Waals surface area contributed by atoms with Gasteiger partial charge in [0.25, 0.3) is 0 Å². The summed E-state index contributed by atoms with van der Waals surface area (Å²) in [6.07, 6.45) is 0. The van der Waals surface area contributed by atoms with Gasteiger partial charge in [-0.05, 0) is 30.7 Å². The topological polar surface area (TPSA) is 41.1 Å². The van der Waals surface area contributed by atoms with E-state index in [9.17, 15) is 13.6 Å². The molecule has 0 unspecified atom stereocenters. The molecule has 2 aromatic carbocycles. The minimum absolute atomic E-state index is 0.0764. The van der Waals surface area contributed by atoms with Gasteiger partial charge in [0, 0.05) is 11.8 Å². The highest BCUT2D eigenvalue weighted by atomic mass is 19.1. The second kappa shape index (κ2) is 5.48. The first-order valence-corrected chi connectivity index (χ1v) is 5.65. The fourth-order valence-electron chi connectivity index (χ4n) is 1.58. The Labute approximate surface area is 109 Å². The predicted octanol–water partition coefficient (Wildman–Crippen LogP) is 3.92. The van der Waals surface area contributed by atoms with Gasteiger partial charge in [0.1, 0.15) is 11.6 Å². The van der Waals surface area contributed by atoms with Crippen LogP contribution in [0.25, 0.3) is 0 Å². The van der Waals surface area contributed by atoms with Crippen LogP contribution in [0.2, 0.25) is 0 Å². The Morgan fingerprint density at radius 1 is 1.00 bits per heavy atom. The largest absolute Gasteiger partial charge is 0.323 e. The smallest absolute Gasteiger partial charge is 0.307 e. The van der Waals surface area contributed by atoms with Crippen molar-refractivity contribution in [3.05, 3.63) is 59.7 Å². The molecule has 0 aromatic heterocycles. The summed E-state index contributed by atoms with van der Waals surface area (Å²) in [6.45, 7) is 1.84. The molecule has 0 saturated carbocycles. The first-order chi connectivity index (χ1) is 9.06. The van der Waals surface area contributed by atoms with Crippen LogP contribution in [0.3, 0.4) is 0 Å². The minimum Gasteiger partial charge on any atom is -0.307 e. The van der Waals surface area contributed by atoms with Gasteiger partial charge in [-0.25, -0.2) is 13.6 Å². The van der Waals surface area contributed by atoms with Gasteiger partial charge in [0.05, 0.1) is 5.69 Å². The van der Waals surface area contributed by atoms with Gasteiger partial charge < -0.3 is 10.6 Å². The highest BCUT2D eigenvalue weighted by Gasteiger charge is 2.08. The van der Waals surface area contributed by atoms with Gasteiger partial charge in [0.15, 0.2) is 0 Å². The summed E-state index contributed by atoms with van der Waals surface area (Å²) in [5, 5.41) is 4.91. The van der Waals surface area contributed by atoms with Crippen LogP contribution in [0.1, 0.15) is 5.56 Å². The maximum atomic E-state index is 13.3. The maximum Gasteiger partial charge on any atom is 0.323 e. The molecule has 3 nitrogen and oxygen atoms in total. The number of carbonyl (C=O) groups excluding carboxylic acids is 1. The number of para-hydroxylation sites is 1. The molecule has 0 saturated heterocycles. The van der Waals surface area contributed by atoms with E-state index in [4.69, 9.17) is 0 Å². The molecule has 0 spiro atoms. The summed E-state index contributed by atoms with van der Waals surface area (Å²) < 4.78 is 26.1. The van der Waals surface area contributed by atoms with Crippen LogP contribution in [0.5, 0.6) is 0 Å². The molecule has 0 aliphatic carbocycles. The van der Waals surface area contributed by atoms with E-state index < -0.39 is 17.7 Å². The molecular weight excluding hydrogens is 250 g/mol. The van der Waals surface area contributed by atoms with E-state index in [1.807, 2.05) is 19.1 Å². The third-order valence-electron chi connectivity index (χ3n) is 2.57. The Bertz CT molecular complexity index is 614. The number of carbonyl (C=O) groups is 1. The molecule has 0 radical (unpaired) electrons. The molecule has 98 valence electrons. The van der Waals surface area contributed by atoms with E-state index in [-0.39, 0.29) is 5.69 Å². The Balaban J connectivity index is 2.08. The number of aryl methyl sites for hydroxylation is 1. The lowest BCUT2D eigenvalue weighted by Gasteiger charge is -2.10. The van der Waals surface area contributed by atoms with Crippen molar-refractivity contribution in [3.8, 4) is 0 Å². The van der Waals surface area contributed by atoms with Crippen LogP contribution in [-0.2, 0) is 0 Å². The van der Waals surface area contributed by atoms with Crippen molar-refractivity contribution in [1.29, 1.82) is 0 Å². The van der Waals surface area contributed by atoms with Gasteiger partial charge in [0.2, 0.25) is 0 Å². The van der Waals surface area contributed by atoms with Gasteiger partial charge in [-0.15, -0.1) is 0 Å². The van der Waals surface area contributed by atoms with Crippen molar-refractivity contribution >= 4 is 17.4 Å². The number of hydrogen-bond acceptors (Lipinski definition) is 1. The summed E-state index contributed by atoms with van der Waals surface area (Å²) in [4.78, 5) is 11.7. The molecule has 0 aliphatic rings. The minimum atomic E-state index is -0.820. The van der Waals surface area contributed by atoms with Gasteiger partial charge in [-0.3, -0.25) is 0 Å². The fourth-order valence-corrected chi connectivity index (χ4v) is 1.58. The van der Waals surface area contributed by atoms with Crippen molar-refractivity contribution in [2.45, 2.75) is 6.92 Å². The SMILES string of the molecule is Cc1ccccc1NC(=O)Nc1ccc(F)cc1F. The van der Waals surface area contributed by atoms with Crippen LogP contribution >= 0.6 is 0 Å². The van der Waals surface area contributed by atoms with Crippen molar-refractivity contribution in [1.82, 2.24) is 0 Å². The zero-order chi connectivity index (χ0) is 13.8. The number of urea groups is 1. The highest BCUT2D eigenvalue weighted by Crippen LogP contribution is 2.17. The van der Waals surface area contributed by atoms with Crippen LogP contribution < -0.4 is 10.6 Å². The number of halogens is 2. The number of anilines is 2. The second-order valence-corrected chi connectivity index (χ2v) is 4.02. The third-order valence-corrected chi connectivity index (χ3v) is 2.57. The molecule has 0 heterocycles. The van der Waals surface area contributed by atoms with E-state index in [0.29, 0.717) is 11.8 Å². The average molecular weight is 262 g/mol. The number of nitrogens with one attached hydrogen (secondary N) is 2. The lowest BCUT2D eigenvalue weighted by Crippen LogP contribution is -2.20. The van der Waals surface area contributed by atoms with E-state index in [1.165, 1.54) is 6.07 Å². The molecule has 2 aromatic rings. The Kier molecular flexibility index (Phi) is 3.75. The van der Waals surface area contributed by atoms with Crippen molar-refractivity contribution in [2.24, 2.45) is 0 Å². The zero-order valence-electron chi connectivity index (χ0n) is 10.2. The highest BCUT2D eigenvalue weighted by molar-refractivity contribution is 6.00. The molecule has 0 bridgehead atoms. The summed E-state index contributed by atoms with van der Waals surface area (Å²) >= 11 is 0. The van der Waals surface area contributed by atoms with E-state index >= 15 is 0 Å². The number of benzene rings is 2. The maximum absolute atomic E-state index is 13.3. The van der Waals surface area contributed by atoms with Gasteiger partial charge in [-0.1, -0.05) is 18.2 Å². The molecular formula is C14H12F2N2O. The van der Waals surface area contributed by atoms with Crippen molar-refractivity contribution in [3.63, 3.8) is 0 Å². The molecule has 0 fully saturated rings. The lowest BCUT2D eigenvalue weighted by atomic mass is 10.2. The van der Waals surface area contributed by atoms with Crippen LogP contribution in [0.4, 0.5) is 25.0 Å². The van der Waals surface area contributed by atoms with Crippen LogP contribution in [-0.4, -0.2) is 6.03 Å². The number of hydrogen-bond donors (Lipinski definition) is 2. The first-order valence-electron chi connectivity index (χ1n) is 5.65. The molecule has 2 amide bonds. The van der Waals surface area contributed by atoms with E-state index in [2.05, 4.69) is 10.6 Å². The monoisotopic (exact) mass is 262 g/mol. The predicted molar refractivity (Wildman–Crippen MR) is 70.2 cm³/mol. The molecule has 19 heavy (non-hydrogen) atoms. The van der Waals surface area contributed by atoms with E-state index in [1.54, 1.807) is 12.1 Å². The molecule has 2 N–H and O–H groups in total. The Hall–Kier alpha value is -2.43. The van der Waals surface area contributed by atoms with Crippen molar-refractivity contribution < 1.29 is 13.6 Å². The number of amides is 2. The summed E-state index contributed by atoms with van der Waals surface area (Å²) in [5.41, 5.74) is 1.44. The normalized spacial score (nSPS) is 10.1. The van der Waals surface area contributed by atoms with Gasteiger partial charge in [-0.2, -0.15) is 0 Å². The van der Waals surface area contributed by atoms with Gasteiger partial charge >= 0.3 is 6.03 Å². The Morgan fingerprint density at radius 3 is 2.37 bits per heavy atom. The standard InChI is InChI=1S/C14H12F2N2O/c1-9-4-2-3-5-12(9)17-14(19)18-13-7-6-10(15)8-11(13)16/h2-8H,1H3,(H2,17,18,19). The third kappa shape index (κ3) is 3.28. The van der Waals surface area contributed by atoms with Crippen molar-refractivity contribution in [2.75, 3.05) is 10.6 Å². The van der Waals surface area contributed by atoms with Crippen LogP contribution in [0.15, 0.2) is 42.5 Å².